The van der Waals surface area contributed by atoms with E-state index in [1.165, 1.54) is 6.07 Å². The summed E-state index contributed by atoms with van der Waals surface area (Å²) >= 11 is 7.24. The number of nitrogens with one attached hydrogen (secondary N) is 1. The molecular formula is C13H9ClFN3O2S. The van der Waals surface area contributed by atoms with Crippen LogP contribution >= 0.6 is 22.9 Å². The summed E-state index contributed by atoms with van der Waals surface area (Å²) in [5, 5.41) is 10.4. The third-order valence-corrected chi connectivity index (χ3v) is 4.42. The second-order valence-electron chi connectivity index (χ2n) is 4.26. The fourth-order valence-corrected chi connectivity index (χ4v) is 3.34. The number of halogens is 2. The summed E-state index contributed by atoms with van der Waals surface area (Å²) in [6.07, 6.45) is 0. The molecule has 8 heteroatoms. The van der Waals surface area contributed by atoms with Crippen LogP contribution < -0.4 is 5.32 Å². The summed E-state index contributed by atoms with van der Waals surface area (Å²) in [5.41, 5.74) is 0. The number of thiophene rings is 1. The number of aromatic nitrogens is 2. The molecule has 1 N–H and O–H groups in total. The monoisotopic (exact) mass is 325 g/mol. The first-order valence-electron chi connectivity index (χ1n) is 6.00. The molecular weight excluding hydrogens is 317 g/mol. The number of amides is 1. The van der Waals surface area contributed by atoms with E-state index in [0.29, 0.717) is 16.5 Å². The molecule has 3 aromatic rings. The number of rotatable bonds is 3. The highest BCUT2D eigenvalue weighted by atomic mass is 35.5. The Morgan fingerprint density at radius 1 is 1.48 bits per heavy atom. The van der Waals surface area contributed by atoms with Crippen molar-refractivity contribution in [1.82, 2.24) is 15.5 Å². The first kappa shape index (κ1) is 14.0. The van der Waals surface area contributed by atoms with Gasteiger partial charge in [0.05, 0.1) is 11.6 Å². The standard InChI is InChI=1S/C13H9ClFN3O2S/c1-6-17-18-9(20-6)5-16-13(19)12-11(14)10-7(15)3-2-4-8(10)21-12/h2-4H,5H2,1H3,(H,16,19). The number of hydrogen-bond donors (Lipinski definition) is 1. The minimum Gasteiger partial charge on any atom is -0.424 e. The molecule has 0 atom stereocenters. The number of nitrogens with zero attached hydrogens (tertiary/aromatic N) is 2. The van der Waals surface area contributed by atoms with Crippen LogP contribution in [0.5, 0.6) is 0 Å². The van der Waals surface area contributed by atoms with E-state index in [-0.39, 0.29) is 21.8 Å². The maximum atomic E-state index is 13.7. The third kappa shape index (κ3) is 2.62. The Morgan fingerprint density at radius 3 is 2.95 bits per heavy atom. The van der Waals surface area contributed by atoms with Crippen LogP contribution in [0.1, 0.15) is 21.5 Å². The van der Waals surface area contributed by atoms with Crippen molar-refractivity contribution in [2.45, 2.75) is 13.5 Å². The lowest BCUT2D eigenvalue weighted by Gasteiger charge is -2.00. The molecule has 108 valence electrons. The third-order valence-electron chi connectivity index (χ3n) is 2.78. The van der Waals surface area contributed by atoms with Gasteiger partial charge in [-0.1, -0.05) is 17.7 Å². The van der Waals surface area contributed by atoms with Gasteiger partial charge in [0.15, 0.2) is 0 Å². The van der Waals surface area contributed by atoms with Crippen LogP contribution in [0, 0.1) is 12.7 Å². The number of fused-ring (bicyclic) bond motifs is 1. The lowest BCUT2D eigenvalue weighted by Crippen LogP contribution is -2.22. The van der Waals surface area contributed by atoms with Gasteiger partial charge in [0, 0.05) is 17.0 Å². The van der Waals surface area contributed by atoms with Crippen LogP contribution in [0.3, 0.4) is 0 Å². The number of benzene rings is 1. The molecule has 0 saturated carbocycles. The Kier molecular flexibility index (Phi) is 3.60. The van der Waals surface area contributed by atoms with Crippen LogP contribution in [0.4, 0.5) is 4.39 Å². The topological polar surface area (TPSA) is 68.0 Å². The molecule has 0 unspecified atom stereocenters. The van der Waals surface area contributed by atoms with E-state index in [2.05, 4.69) is 15.5 Å². The van der Waals surface area contributed by atoms with Crippen molar-refractivity contribution >= 4 is 38.9 Å². The Morgan fingerprint density at radius 2 is 2.29 bits per heavy atom. The predicted molar refractivity (Wildman–Crippen MR) is 77.0 cm³/mol. The number of carbonyl (C=O) groups excluding carboxylic acids is 1. The summed E-state index contributed by atoms with van der Waals surface area (Å²) in [6.45, 7) is 1.75. The van der Waals surface area contributed by atoms with Gasteiger partial charge in [0.2, 0.25) is 11.8 Å². The molecule has 3 rings (SSSR count). The van der Waals surface area contributed by atoms with Crippen LogP contribution in [-0.4, -0.2) is 16.1 Å². The highest BCUT2D eigenvalue weighted by Gasteiger charge is 2.19. The molecule has 0 spiro atoms. The van der Waals surface area contributed by atoms with E-state index in [1.807, 2.05) is 0 Å². The Hall–Kier alpha value is -1.99. The van der Waals surface area contributed by atoms with Crippen molar-refractivity contribution in [3.05, 3.63) is 45.7 Å². The molecule has 2 aromatic heterocycles. The lowest BCUT2D eigenvalue weighted by atomic mass is 10.2. The summed E-state index contributed by atoms with van der Waals surface area (Å²) in [5.74, 6) is -0.137. The second kappa shape index (κ2) is 5.42. The van der Waals surface area contributed by atoms with E-state index < -0.39 is 11.7 Å². The minimum absolute atomic E-state index is 0.0900. The van der Waals surface area contributed by atoms with E-state index >= 15 is 0 Å². The molecule has 0 fully saturated rings. The Labute approximate surface area is 127 Å². The van der Waals surface area contributed by atoms with Gasteiger partial charge in [0.1, 0.15) is 10.7 Å². The average molecular weight is 326 g/mol. The maximum Gasteiger partial charge on any atom is 0.263 e. The van der Waals surface area contributed by atoms with Gasteiger partial charge in [-0.3, -0.25) is 4.79 Å². The first-order valence-corrected chi connectivity index (χ1v) is 7.19. The molecule has 5 nitrogen and oxygen atoms in total. The zero-order valence-electron chi connectivity index (χ0n) is 10.8. The van der Waals surface area contributed by atoms with Crippen molar-refractivity contribution < 1.29 is 13.6 Å². The summed E-state index contributed by atoms with van der Waals surface area (Å²) in [7, 11) is 0. The predicted octanol–water partition coefficient (Wildman–Crippen LogP) is 3.32. The van der Waals surface area contributed by atoms with Crippen LogP contribution in [-0.2, 0) is 6.54 Å². The number of hydrogen-bond acceptors (Lipinski definition) is 5. The summed E-state index contributed by atoms with van der Waals surface area (Å²) in [4.78, 5) is 12.4. The smallest absolute Gasteiger partial charge is 0.263 e. The van der Waals surface area contributed by atoms with Gasteiger partial charge in [-0.15, -0.1) is 21.5 Å². The average Bonchev–Trinajstić information content (AvgIpc) is 3.01. The molecule has 0 aliphatic heterocycles. The molecule has 0 saturated heterocycles. The van der Waals surface area contributed by atoms with E-state index in [0.717, 1.165) is 11.3 Å². The van der Waals surface area contributed by atoms with Crippen molar-refractivity contribution in [1.29, 1.82) is 0 Å². The summed E-state index contributed by atoms with van der Waals surface area (Å²) < 4.78 is 19.5. The highest BCUT2D eigenvalue weighted by Crippen LogP contribution is 2.36. The van der Waals surface area contributed by atoms with E-state index in [9.17, 15) is 9.18 Å². The maximum absolute atomic E-state index is 13.7. The number of carbonyl (C=O) groups is 1. The quantitative estimate of drug-likeness (QED) is 0.802. The van der Waals surface area contributed by atoms with Crippen molar-refractivity contribution in [2.24, 2.45) is 0 Å². The van der Waals surface area contributed by atoms with Crippen LogP contribution in [0.25, 0.3) is 10.1 Å². The van der Waals surface area contributed by atoms with Crippen molar-refractivity contribution in [3.63, 3.8) is 0 Å². The second-order valence-corrected chi connectivity index (χ2v) is 5.69. The molecule has 0 aliphatic carbocycles. The molecule has 0 aliphatic rings. The summed E-state index contributed by atoms with van der Waals surface area (Å²) in [6, 6.07) is 4.60. The Balaban J connectivity index is 1.84. The van der Waals surface area contributed by atoms with Gasteiger partial charge >= 0.3 is 0 Å². The van der Waals surface area contributed by atoms with Crippen LogP contribution in [0.2, 0.25) is 5.02 Å². The Bertz CT molecular complexity index is 830. The van der Waals surface area contributed by atoms with E-state index in [1.54, 1.807) is 19.1 Å². The normalized spacial score (nSPS) is 11.0. The number of aryl methyl sites for hydroxylation is 1. The van der Waals surface area contributed by atoms with Gasteiger partial charge in [-0.2, -0.15) is 0 Å². The molecule has 2 heterocycles. The molecule has 0 bridgehead atoms. The van der Waals surface area contributed by atoms with Crippen molar-refractivity contribution in [3.8, 4) is 0 Å². The molecule has 0 radical (unpaired) electrons. The van der Waals surface area contributed by atoms with Crippen molar-refractivity contribution in [2.75, 3.05) is 0 Å². The molecule has 1 amide bonds. The van der Waals surface area contributed by atoms with Gasteiger partial charge in [-0.25, -0.2) is 4.39 Å². The minimum atomic E-state index is -0.444. The fraction of sp³-hybridized carbons (Fsp3) is 0.154. The van der Waals surface area contributed by atoms with Crippen LogP contribution in [0.15, 0.2) is 22.6 Å². The molecule has 21 heavy (non-hydrogen) atoms. The molecule has 1 aromatic carbocycles. The highest BCUT2D eigenvalue weighted by molar-refractivity contribution is 7.21. The zero-order chi connectivity index (χ0) is 15.0. The van der Waals surface area contributed by atoms with E-state index in [4.69, 9.17) is 16.0 Å². The lowest BCUT2D eigenvalue weighted by molar-refractivity contribution is 0.0951. The SMILES string of the molecule is Cc1nnc(CNC(=O)c2sc3cccc(F)c3c2Cl)o1. The van der Waals surface area contributed by atoms with Gasteiger partial charge in [-0.05, 0) is 12.1 Å². The first-order chi connectivity index (χ1) is 10.1. The van der Waals surface area contributed by atoms with Gasteiger partial charge < -0.3 is 9.73 Å². The largest absolute Gasteiger partial charge is 0.424 e. The zero-order valence-corrected chi connectivity index (χ0v) is 12.4. The fourth-order valence-electron chi connectivity index (χ4n) is 1.86. The van der Waals surface area contributed by atoms with Gasteiger partial charge in [0.25, 0.3) is 5.91 Å².